The Morgan fingerprint density at radius 3 is 3.00 bits per heavy atom. The Hall–Kier alpha value is -0.640. The van der Waals surface area contributed by atoms with E-state index in [2.05, 4.69) is 18.3 Å². The standard InChI is InChI=1S/C7H12N2OS/c1-6(5-11-2)7-3-8-9(10)4-7/h3-4,6,10H,5H2,1-2H3. The van der Waals surface area contributed by atoms with Crippen LogP contribution in [0.15, 0.2) is 12.4 Å². The molecule has 0 fully saturated rings. The van der Waals surface area contributed by atoms with Crippen LogP contribution >= 0.6 is 11.8 Å². The largest absolute Gasteiger partial charge is 0.412 e. The average molecular weight is 172 g/mol. The Morgan fingerprint density at radius 1 is 1.82 bits per heavy atom. The van der Waals surface area contributed by atoms with Crippen molar-refractivity contribution in [3.05, 3.63) is 18.0 Å². The second-order valence-electron chi connectivity index (χ2n) is 2.55. The maximum Gasteiger partial charge on any atom is 0.0699 e. The monoisotopic (exact) mass is 172 g/mol. The van der Waals surface area contributed by atoms with Crippen molar-refractivity contribution in [3.8, 4) is 0 Å². The van der Waals surface area contributed by atoms with Gasteiger partial charge in [-0.25, -0.2) is 0 Å². The second kappa shape index (κ2) is 3.67. The topological polar surface area (TPSA) is 38.0 Å². The lowest BCUT2D eigenvalue weighted by Gasteiger charge is -2.04. The van der Waals surface area contributed by atoms with Crippen molar-refractivity contribution in [2.45, 2.75) is 12.8 Å². The zero-order valence-corrected chi connectivity index (χ0v) is 7.51. The molecule has 1 atom stereocenters. The Labute approximate surface area is 70.4 Å². The molecule has 1 heterocycles. The summed E-state index contributed by atoms with van der Waals surface area (Å²) in [6.07, 6.45) is 5.40. The van der Waals surface area contributed by atoms with E-state index in [1.54, 1.807) is 24.2 Å². The van der Waals surface area contributed by atoms with Crippen LogP contribution in [-0.4, -0.2) is 27.2 Å². The maximum atomic E-state index is 8.87. The molecule has 1 N–H and O–H groups in total. The van der Waals surface area contributed by atoms with Crippen LogP contribution in [0.4, 0.5) is 0 Å². The van der Waals surface area contributed by atoms with E-state index in [1.807, 2.05) is 0 Å². The van der Waals surface area contributed by atoms with Crippen LogP contribution in [0, 0.1) is 0 Å². The van der Waals surface area contributed by atoms with E-state index in [9.17, 15) is 0 Å². The molecule has 0 saturated carbocycles. The molecular weight excluding hydrogens is 160 g/mol. The predicted molar refractivity (Wildman–Crippen MR) is 46.2 cm³/mol. The molecule has 0 amide bonds. The van der Waals surface area contributed by atoms with Gasteiger partial charge in [-0.1, -0.05) is 6.92 Å². The first-order valence-corrected chi connectivity index (χ1v) is 4.86. The maximum absolute atomic E-state index is 8.87. The molecule has 0 saturated heterocycles. The third-order valence-corrected chi connectivity index (χ3v) is 2.41. The van der Waals surface area contributed by atoms with Gasteiger partial charge in [-0.2, -0.15) is 11.8 Å². The SMILES string of the molecule is CSCC(C)c1cnn(O)c1. The van der Waals surface area contributed by atoms with E-state index < -0.39 is 0 Å². The van der Waals surface area contributed by atoms with Crippen LogP contribution in [0.25, 0.3) is 0 Å². The van der Waals surface area contributed by atoms with Gasteiger partial charge in [0.25, 0.3) is 0 Å². The number of rotatable bonds is 3. The third-order valence-electron chi connectivity index (χ3n) is 1.58. The number of nitrogens with zero attached hydrogens (tertiary/aromatic N) is 2. The highest BCUT2D eigenvalue weighted by atomic mass is 32.2. The quantitative estimate of drug-likeness (QED) is 0.703. The molecule has 0 bridgehead atoms. The van der Waals surface area contributed by atoms with E-state index >= 15 is 0 Å². The van der Waals surface area contributed by atoms with Gasteiger partial charge in [0.05, 0.1) is 12.4 Å². The van der Waals surface area contributed by atoms with Gasteiger partial charge in [0, 0.05) is 0 Å². The van der Waals surface area contributed by atoms with Gasteiger partial charge in [-0.15, -0.1) is 9.94 Å². The summed E-state index contributed by atoms with van der Waals surface area (Å²) in [6.45, 7) is 2.12. The molecular formula is C7H12N2OS. The fourth-order valence-electron chi connectivity index (χ4n) is 0.927. The van der Waals surface area contributed by atoms with E-state index in [1.165, 1.54) is 0 Å². The molecule has 11 heavy (non-hydrogen) atoms. The van der Waals surface area contributed by atoms with E-state index in [0.29, 0.717) is 5.92 Å². The van der Waals surface area contributed by atoms with Crippen LogP contribution in [-0.2, 0) is 0 Å². The summed E-state index contributed by atoms with van der Waals surface area (Å²) >= 11 is 1.80. The minimum absolute atomic E-state index is 0.464. The van der Waals surface area contributed by atoms with Gasteiger partial charge < -0.3 is 5.21 Å². The minimum Gasteiger partial charge on any atom is -0.412 e. The van der Waals surface area contributed by atoms with E-state index in [4.69, 9.17) is 5.21 Å². The first-order chi connectivity index (χ1) is 5.24. The summed E-state index contributed by atoms with van der Waals surface area (Å²) in [5.74, 6) is 1.52. The Kier molecular flexibility index (Phi) is 2.82. The summed E-state index contributed by atoms with van der Waals surface area (Å²) in [4.78, 5) is 0.853. The zero-order valence-electron chi connectivity index (χ0n) is 6.69. The summed E-state index contributed by atoms with van der Waals surface area (Å²) in [6, 6.07) is 0. The Bertz CT molecular complexity index is 224. The fraction of sp³-hybridized carbons (Fsp3) is 0.571. The third kappa shape index (κ3) is 2.15. The normalized spacial score (nSPS) is 13.3. The molecule has 1 aromatic rings. The molecule has 0 aliphatic heterocycles. The lowest BCUT2D eigenvalue weighted by atomic mass is 10.1. The Balaban J connectivity index is 2.60. The summed E-state index contributed by atoms with van der Waals surface area (Å²) in [5, 5.41) is 12.6. The smallest absolute Gasteiger partial charge is 0.0699 e. The number of hydrogen-bond donors (Lipinski definition) is 1. The molecule has 3 nitrogen and oxygen atoms in total. The highest BCUT2D eigenvalue weighted by Gasteiger charge is 2.06. The number of hydrogen-bond acceptors (Lipinski definition) is 3. The molecule has 0 radical (unpaired) electrons. The molecule has 0 aliphatic rings. The van der Waals surface area contributed by atoms with Crippen LogP contribution in [0.2, 0.25) is 0 Å². The second-order valence-corrected chi connectivity index (χ2v) is 3.46. The average Bonchev–Trinajstić information content (AvgIpc) is 2.36. The predicted octanol–water partition coefficient (Wildman–Crippen LogP) is 1.59. The van der Waals surface area contributed by atoms with Gasteiger partial charge in [-0.05, 0) is 23.5 Å². The zero-order chi connectivity index (χ0) is 8.27. The summed E-state index contributed by atoms with van der Waals surface area (Å²) in [7, 11) is 0. The summed E-state index contributed by atoms with van der Waals surface area (Å²) in [5.41, 5.74) is 1.09. The minimum atomic E-state index is 0.464. The first-order valence-electron chi connectivity index (χ1n) is 3.46. The highest BCUT2D eigenvalue weighted by molar-refractivity contribution is 7.98. The number of aromatic nitrogens is 2. The highest BCUT2D eigenvalue weighted by Crippen LogP contribution is 2.17. The van der Waals surface area contributed by atoms with Crippen molar-refractivity contribution in [1.29, 1.82) is 0 Å². The first kappa shape index (κ1) is 8.46. The molecule has 1 rings (SSSR count). The molecule has 0 aromatic carbocycles. The van der Waals surface area contributed by atoms with Crippen molar-refractivity contribution < 1.29 is 5.21 Å². The molecule has 1 aromatic heterocycles. The molecule has 0 aliphatic carbocycles. The van der Waals surface area contributed by atoms with Crippen molar-refractivity contribution in [2.75, 3.05) is 12.0 Å². The molecule has 4 heteroatoms. The van der Waals surface area contributed by atoms with Crippen molar-refractivity contribution in [1.82, 2.24) is 9.94 Å². The molecule has 62 valence electrons. The van der Waals surface area contributed by atoms with Gasteiger partial charge in [-0.3, -0.25) is 0 Å². The lowest BCUT2D eigenvalue weighted by Crippen LogP contribution is -1.94. The lowest BCUT2D eigenvalue weighted by molar-refractivity contribution is 0.148. The van der Waals surface area contributed by atoms with Crippen LogP contribution in [0.5, 0.6) is 0 Å². The van der Waals surface area contributed by atoms with Crippen LogP contribution in [0.1, 0.15) is 18.4 Å². The van der Waals surface area contributed by atoms with E-state index in [0.717, 1.165) is 16.2 Å². The van der Waals surface area contributed by atoms with Crippen molar-refractivity contribution >= 4 is 11.8 Å². The van der Waals surface area contributed by atoms with Crippen molar-refractivity contribution in [2.24, 2.45) is 0 Å². The molecule has 0 spiro atoms. The van der Waals surface area contributed by atoms with Gasteiger partial charge in [0.15, 0.2) is 0 Å². The van der Waals surface area contributed by atoms with Crippen molar-refractivity contribution in [3.63, 3.8) is 0 Å². The van der Waals surface area contributed by atoms with Gasteiger partial charge in [0.1, 0.15) is 0 Å². The Morgan fingerprint density at radius 2 is 2.55 bits per heavy atom. The fourth-order valence-corrected chi connectivity index (χ4v) is 1.62. The van der Waals surface area contributed by atoms with Crippen LogP contribution in [0.3, 0.4) is 0 Å². The van der Waals surface area contributed by atoms with E-state index in [-0.39, 0.29) is 0 Å². The number of thioether (sulfide) groups is 1. The van der Waals surface area contributed by atoms with Gasteiger partial charge in [0.2, 0.25) is 0 Å². The van der Waals surface area contributed by atoms with Crippen LogP contribution < -0.4 is 0 Å². The molecule has 1 unspecified atom stereocenters. The summed E-state index contributed by atoms with van der Waals surface area (Å²) < 4.78 is 0. The van der Waals surface area contributed by atoms with Gasteiger partial charge >= 0.3 is 0 Å².